The Bertz CT molecular complexity index is 659. The Kier molecular flexibility index (Phi) is 5.28. The van der Waals surface area contributed by atoms with E-state index in [-0.39, 0.29) is 11.9 Å². The second-order valence-electron chi connectivity index (χ2n) is 6.86. The number of pyridine rings is 1. The van der Waals surface area contributed by atoms with Crippen molar-refractivity contribution in [1.82, 2.24) is 19.7 Å². The summed E-state index contributed by atoms with van der Waals surface area (Å²) >= 11 is 0. The Morgan fingerprint density at radius 2 is 1.92 bits per heavy atom. The normalized spacial score (nSPS) is 15.6. The lowest BCUT2D eigenvalue weighted by Gasteiger charge is -2.34. The van der Waals surface area contributed by atoms with E-state index in [0.29, 0.717) is 18.3 Å². The lowest BCUT2D eigenvalue weighted by atomic mass is 9.93. The third-order valence-electron chi connectivity index (χ3n) is 4.74. The van der Waals surface area contributed by atoms with Crippen molar-refractivity contribution in [3.8, 4) is 0 Å². The Morgan fingerprint density at radius 3 is 2.54 bits per heavy atom. The molecular formula is C19H26N4O. The third-order valence-corrected chi connectivity index (χ3v) is 4.74. The van der Waals surface area contributed by atoms with Crippen molar-refractivity contribution in [3.63, 3.8) is 0 Å². The first-order valence-corrected chi connectivity index (χ1v) is 8.90. The van der Waals surface area contributed by atoms with Gasteiger partial charge in [0.1, 0.15) is 5.69 Å². The van der Waals surface area contributed by atoms with E-state index in [1.54, 1.807) is 12.4 Å². The average Bonchev–Trinajstić information content (AvgIpc) is 3.11. The quantitative estimate of drug-likeness (QED) is 0.839. The highest BCUT2D eigenvalue weighted by Gasteiger charge is 2.27. The maximum atomic E-state index is 13.1. The van der Waals surface area contributed by atoms with Crippen LogP contribution in [0.4, 0.5) is 0 Å². The molecule has 1 amide bonds. The van der Waals surface area contributed by atoms with Crippen LogP contribution in [0, 0.1) is 0 Å². The van der Waals surface area contributed by atoms with E-state index in [0.717, 1.165) is 18.4 Å². The van der Waals surface area contributed by atoms with Crippen LogP contribution < -0.4 is 0 Å². The zero-order valence-corrected chi connectivity index (χ0v) is 14.6. The van der Waals surface area contributed by atoms with Gasteiger partial charge in [0.25, 0.3) is 5.91 Å². The van der Waals surface area contributed by atoms with E-state index in [9.17, 15) is 4.79 Å². The van der Waals surface area contributed by atoms with Gasteiger partial charge in [0.15, 0.2) is 0 Å². The van der Waals surface area contributed by atoms with Gasteiger partial charge in [0, 0.05) is 37.2 Å². The molecule has 0 atom stereocenters. The Morgan fingerprint density at radius 1 is 1.21 bits per heavy atom. The first kappa shape index (κ1) is 16.7. The lowest BCUT2D eigenvalue weighted by molar-refractivity contribution is 0.0607. The average molecular weight is 326 g/mol. The molecule has 0 radical (unpaired) electrons. The molecule has 1 saturated carbocycles. The highest BCUT2D eigenvalue weighted by atomic mass is 16.2. The zero-order valence-electron chi connectivity index (χ0n) is 14.6. The van der Waals surface area contributed by atoms with Gasteiger partial charge in [-0.2, -0.15) is 5.10 Å². The second-order valence-corrected chi connectivity index (χ2v) is 6.86. The van der Waals surface area contributed by atoms with Crippen molar-refractivity contribution in [2.24, 2.45) is 0 Å². The smallest absolute Gasteiger partial charge is 0.274 e. The molecule has 2 aromatic heterocycles. The summed E-state index contributed by atoms with van der Waals surface area (Å²) in [5.74, 6) is 0.0399. The van der Waals surface area contributed by atoms with Gasteiger partial charge in [-0.3, -0.25) is 14.5 Å². The molecular weight excluding hydrogens is 300 g/mol. The van der Waals surface area contributed by atoms with E-state index in [2.05, 4.69) is 23.9 Å². The topological polar surface area (TPSA) is 51.0 Å². The number of hydrogen-bond acceptors (Lipinski definition) is 3. The SMILES string of the molecule is CC(C)n1ccc(C(=O)N(Cc2ccncc2)C2CCCCC2)n1. The first-order chi connectivity index (χ1) is 11.6. The van der Waals surface area contributed by atoms with Crippen LogP contribution in [-0.2, 0) is 6.54 Å². The van der Waals surface area contributed by atoms with Gasteiger partial charge in [-0.25, -0.2) is 0 Å². The zero-order chi connectivity index (χ0) is 16.9. The van der Waals surface area contributed by atoms with Crippen molar-refractivity contribution in [2.75, 3.05) is 0 Å². The minimum absolute atomic E-state index is 0.0399. The highest BCUT2D eigenvalue weighted by molar-refractivity contribution is 5.92. The van der Waals surface area contributed by atoms with E-state index >= 15 is 0 Å². The van der Waals surface area contributed by atoms with Gasteiger partial charge in [0.05, 0.1) is 0 Å². The molecule has 128 valence electrons. The lowest BCUT2D eigenvalue weighted by Crippen LogP contribution is -2.41. The van der Waals surface area contributed by atoms with E-state index < -0.39 is 0 Å². The van der Waals surface area contributed by atoms with Gasteiger partial charge in [-0.15, -0.1) is 0 Å². The van der Waals surface area contributed by atoms with Crippen LogP contribution in [0.5, 0.6) is 0 Å². The number of carbonyl (C=O) groups is 1. The van der Waals surface area contributed by atoms with Crippen molar-refractivity contribution < 1.29 is 4.79 Å². The standard InChI is InChI=1S/C19H26N4O/c1-15(2)23-13-10-18(21-23)19(24)22(17-6-4-3-5-7-17)14-16-8-11-20-12-9-16/h8-13,15,17H,3-7,14H2,1-2H3. The summed E-state index contributed by atoms with van der Waals surface area (Å²) in [6.07, 6.45) is 11.3. The van der Waals surface area contributed by atoms with Crippen molar-refractivity contribution >= 4 is 5.91 Å². The van der Waals surface area contributed by atoms with E-state index in [1.807, 2.05) is 34.0 Å². The number of nitrogens with zero attached hydrogens (tertiary/aromatic N) is 4. The van der Waals surface area contributed by atoms with Gasteiger partial charge in [-0.05, 0) is 50.5 Å². The number of amides is 1. The molecule has 0 saturated heterocycles. The number of aromatic nitrogens is 3. The summed E-state index contributed by atoms with van der Waals surface area (Å²) in [6.45, 7) is 4.76. The molecule has 0 unspecified atom stereocenters. The molecule has 1 aliphatic rings. The minimum Gasteiger partial charge on any atom is -0.330 e. The summed E-state index contributed by atoms with van der Waals surface area (Å²) < 4.78 is 1.85. The van der Waals surface area contributed by atoms with Gasteiger partial charge < -0.3 is 4.90 Å². The molecule has 0 aromatic carbocycles. The number of hydrogen-bond donors (Lipinski definition) is 0. The summed E-state index contributed by atoms with van der Waals surface area (Å²) in [7, 11) is 0. The molecule has 0 aliphatic heterocycles. The minimum atomic E-state index is 0.0399. The molecule has 2 aromatic rings. The Labute approximate surface area is 143 Å². The Balaban J connectivity index is 1.83. The van der Waals surface area contributed by atoms with E-state index in [1.165, 1.54) is 19.3 Å². The molecule has 5 heteroatoms. The summed E-state index contributed by atoms with van der Waals surface area (Å²) in [5.41, 5.74) is 1.66. The summed E-state index contributed by atoms with van der Waals surface area (Å²) in [6, 6.07) is 6.37. The fourth-order valence-electron chi connectivity index (χ4n) is 3.33. The van der Waals surface area contributed by atoms with Gasteiger partial charge in [-0.1, -0.05) is 19.3 Å². The molecule has 1 fully saturated rings. The second kappa shape index (κ2) is 7.60. The van der Waals surface area contributed by atoms with Crippen molar-refractivity contribution in [1.29, 1.82) is 0 Å². The third kappa shape index (κ3) is 3.83. The maximum absolute atomic E-state index is 13.1. The number of carbonyl (C=O) groups excluding carboxylic acids is 1. The van der Waals surface area contributed by atoms with Crippen molar-refractivity contribution in [3.05, 3.63) is 48.0 Å². The van der Waals surface area contributed by atoms with Crippen LogP contribution in [0.15, 0.2) is 36.8 Å². The van der Waals surface area contributed by atoms with Gasteiger partial charge >= 0.3 is 0 Å². The first-order valence-electron chi connectivity index (χ1n) is 8.90. The van der Waals surface area contributed by atoms with Crippen LogP contribution in [0.25, 0.3) is 0 Å². The maximum Gasteiger partial charge on any atom is 0.274 e. The molecule has 0 bridgehead atoms. The molecule has 24 heavy (non-hydrogen) atoms. The van der Waals surface area contributed by atoms with Gasteiger partial charge in [0.2, 0.25) is 0 Å². The molecule has 0 spiro atoms. The summed E-state index contributed by atoms with van der Waals surface area (Å²) in [5, 5.41) is 4.48. The Hall–Kier alpha value is -2.17. The van der Waals surface area contributed by atoms with E-state index in [4.69, 9.17) is 0 Å². The molecule has 1 aliphatic carbocycles. The van der Waals surface area contributed by atoms with Crippen LogP contribution >= 0.6 is 0 Å². The fraction of sp³-hybridized carbons (Fsp3) is 0.526. The molecule has 5 nitrogen and oxygen atoms in total. The van der Waals surface area contributed by atoms with Crippen LogP contribution in [0.3, 0.4) is 0 Å². The highest BCUT2D eigenvalue weighted by Crippen LogP contribution is 2.25. The molecule has 0 N–H and O–H groups in total. The van der Waals surface area contributed by atoms with Crippen LogP contribution in [-0.4, -0.2) is 31.6 Å². The largest absolute Gasteiger partial charge is 0.330 e. The number of rotatable bonds is 5. The monoisotopic (exact) mass is 326 g/mol. The van der Waals surface area contributed by atoms with Crippen molar-refractivity contribution in [2.45, 2.75) is 64.6 Å². The van der Waals surface area contributed by atoms with Crippen LogP contribution in [0.2, 0.25) is 0 Å². The predicted molar refractivity (Wildman–Crippen MR) is 93.6 cm³/mol. The molecule has 3 rings (SSSR count). The predicted octanol–water partition coefficient (Wildman–Crippen LogP) is 3.83. The summed E-state index contributed by atoms with van der Waals surface area (Å²) in [4.78, 5) is 19.2. The fourth-order valence-corrected chi connectivity index (χ4v) is 3.33. The molecule has 2 heterocycles. The van der Waals surface area contributed by atoms with Crippen LogP contribution in [0.1, 0.15) is 68.0 Å².